The van der Waals surface area contributed by atoms with E-state index in [2.05, 4.69) is 39.9 Å². The zero-order chi connectivity index (χ0) is 22.2. The summed E-state index contributed by atoms with van der Waals surface area (Å²) in [7, 11) is 1.60. The lowest BCUT2D eigenvalue weighted by Gasteiger charge is -2.45. The smallest absolute Gasteiger partial charge is 0.217 e. The highest BCUT2D eigenvalue weighted by molar-refractivity contribution is 6.65. The second-order valence-electron chi connectivity index (χ2n) is 7.44. The Labute approximate surface area is 181 Å². The summed E-state index contributed by atoms with van der Waals surface area (Å²) in [5.41, 5.74) is 3.17. The molecular weight excluding hydrogens is 388 g/mol. The molecule has 0 radical (unpaired) electrons. The van der Waals surface area contributed by atoms with Gasteiger partial charge in [-0.25, -0.2) is 4.99 Å². The fourth-order valence-electron chi connectivity index (χ4n) is 3.43. The summed E-state index contributed by atoms with van der Waals surface area (Å²) in [4.78, 5) is 12.8. The zero-order valence-electron chi connectivity index (χ0n) is 18.8. The topological polar surface area (TPSA) is 60.7 Å². The minimum atomic E-state index is -0.446. The normalized spacial score (nSPS) is 26.8. The molecule has 1 N–H and O–H groups in total. The van der Waals surface area contributed by atoms with Gasteiger partial charge in [0.05, 0.1) is 30.6 Å². The highest BCUT2D eigenvalue weighted by atomic mass is 35.5. The summed E-state index contributed by atoms with van der Waals surface area (Å²) in [5, 5.41) is 10.5. The Morgan fingerprint density at radius 3 is 2.17 bits per heavy atom. The van der Waals surface area contributed by atoms with Gasteiger partial charge in [-0.2, -0.15) is 0 Å². The quantitative estimate of drug-likeness (QED) is 0.317. The van der Waals surface area contributed by atoms with Crippen LogP contribution in [0.25, 0.3) is 0 Å². The van der Waals surface area contributed by atoms with Crippen LogP contribution in [0.4, 0.5) is 0 Å². The maximum absolute atomic E-state index is 10.3. The fraction of sp³-hybridized carbons (Fsp3) is 0.636. The second kappa shape index (κ2) is 11.6. The molecular formula is C22H37ClN4O2. The number of piperazine rings is 1. The monoisotopic (exact) mass is 424 g/mol. The van der Waals surface area contributed by atoms with Crippen molar-refractivity contribution in [3.8, 4) is 0 Å². The molecule has 0 aromatic carbocycles. The van der Waals surface area contributed by atoms with Crippen molar-refractivity contribution in [1.29, 1.82) is 0 Å². The number of aliphatic hydroxyl groups excluding tert-OH is 1. The van der Waals surface area contributed by atoms with Gasteiger partial charge in [0.1, 0.15) is 0 Å². The first-order valence-electron chi connectivity index (χ1n) is 10.2. The van der Waals surface area contributed by atoms with Crippen LogP contribution in [0.3, 0.4) is 0 Å². The SMILES string of the molecule is C=C(C)C(/C=C(\C(=C)C)N1CCN(C2(C)COCC2O)CC1)=N\C(Cl)=NC.CC. The number of halogens is 1. The predicted molar refractivity (Wildman–Crippen MR) is 124 cm³/mol. The highest BCUT2D eigenvalue weighted by Gasteiger charge is 2.44. The van der Waals surface area contributed by atoms with Gasteiger partial charge in [-0.1, -0.05) is 27.0 Å². The van der Waals surface area contributed by atoms with Crippen molar-refractivity contribution < 1.29 is 9.84 Å². The lowest BCUT2D eigenvalue weighted by molar-refractivity contribution is -0.0106. The van der Waals surface area contributed by atoms with Crippen molar-refractivity contribution in [2.45, 2.75) is 46.3 Å². The summed E-state index contributed by atoms with van der Waals surface area (Å²) in [5.74, 6) is 0. The number of hydrogen-bond donors (Lipinski definition) is 1. The lowest BCUT2D eigenvalue weighted by atomic mass is 9.95. The summed E-state index contributed by atoms with van der Waals surface area (Å²) in [6.07, 6.45) is 1.53. The molecule has 2 aliphatic heterocycles. The second-order valence-corrected chi connectivity index (χ2v) is 7.78. The molecule has 0 spiro atoms. The van der Waals surface area contributed by atoms with Gasteiger partial charge < -0.3 is 14.7 Å². The molecule has 2 heterocycles. The summed E-state index contributed by atoms with van der Waals surface area (Å²) in [6, 6.07) is 0. The number of nitrogens with zero attached hydrogens (tertiary/aromatic N) is 4. The third-order valence-electron chi connectivity index (χ3n) is 5.28. The number of hydrogen-bond acceptors (Lipinski definition) is 5. The van der Waals surface area contributed by atoms with Crippen molar-refractivity contribution in [1.82, 2.24) is 9.80 Å². The summed E-state index contributed by atoms with van der Waals surface area (Å²) in [6.45, 7) is 22.4. The molecule has 0 aromatic heterocycles. The Bertz CT molecular complexity index is 678. The van der Waals surface area contributed by atoms with Gasteiger partial charge in [0.25, 0.3) is 0 Å². The summed E-state index contributed by atoms with van der Waals surface area (Å²) >= 11 is 5.99. The van der Waals surface area contributed by atoms with E-state index < -0.39 is 6.10 Å². The molecule has 2 aliphatic rings. The first kappa shape index (κ1) is 25.6. The van der Waals surface area contributed by atoms with Crippen LogP contribution in [0.2, 0.25) is 0 Å². The fourth-order valence-corrected chi connectivity index (χ4v) is 3.52. The third-order valence-corrected chi connectivity index (χ3v) is 5.53. The van der Waals surface area contributed by atoms with Crippen molar-refractivity contribution >= 4 is 22.6 Å². The van der Waals surface area contributed by atoms with Gasteiger partial charge in [0.15, 0.2) is 0 Å². The van der Waals surface area contributed by atoms with Gasteiger partial charge in [-0.15, -0.1) is 0 Å². The molecule has 2 atom stereocenters. The number of aliphatic imine (C=N–C) groups is 2. The van der Waals surface area contributed by atoms with Crippen LogP contribution in [-0.2, 0) is 4.74 Å². The first-order chi connectivity index (χ1) is 13.7. The largest absolute Gasteiger partial charge is 0.389 e. The molecule has 0 amide bonds. The van der Waals surface area contributed by atoms with E-state index in [0.717, 1.165) is 43.0 Å². The average molecular weight is 425 g/mol. The zero-order valence-corrected chi connectivity index (χ0v) is 19.6. The van der Waals surface area contributed by atoms with E-state index in [9.17, 15) is 5.11 Å². The molecule has 0 saturated carbocycles. The van der Waals surface area contributed by atoms with Gasteiger partial charge in [0, 0.05) is 38.9 Å². The maximum atomic E-state index is 10.3. The van der Waals surface area contributed by atoms with Crippen LogP contribution in [0.1, 0.15) is 34.6 Å². The number of aliphatic hydroxyl groups is 1. The number of ether oxygens (including phenoxy) is 1. The van der Waals surface area contributed by atoms with E-state index in [1.54, 1.807) is 7.05 Å². The van der Waals surface area contributed by atoms with E-state index in [1.165, 1.54) is 0 Å². The molecule has 0 aromatic rings. The van der Waals surface area contributed by atoms with Gasteiger partial charge >= 0.3 is 0 Å². The third kappa shape index (κ3) is 6.51. The van der Waals surface area contributed by atoms with Gasteiger partial charge in [-0.05, 0) is 49.6 Å². The molecule has 7 heteroatoms. The van der Waals surface area contributed by atoms with Gasteiger partial charge in [-0.3, -0.25) is 9.89 Å². The Kier molecular flexibility index (Phi) is 10.3. The van der Waals surface area contributed by atoms with Crippen molar-refractivity contribution in [3.63, 3.8) is 0 Å². The Morgan fingerprint density at radius 1 is 1.17 bits per heavy atom. The molecule has 164 valence electrons. The number of amidine groups is 1. The minimum Gasteiger partial charge on any atom is -0.389 e. The van der Waals surface area contributed by atoms with Crippen LogP contribution in [0.15, 0.2) is 46.1 Å². The number of allylic oxidation sites excluding steroid dienone is 3. The number of rotatable bonds is 5. The molecule has 2 saturated heterocycles. The molecule has 2 rings (SSSR count). The van der Waals surface area contributed by atoms with E-state index in [0.29, 0.717) is 18.9 Å². The molecule has 29 heavy (non-hydrogen) atoms. The minimum absolute atomic E-state index is 0.193. The van der Waals surface area contributed by atoms with Crippen LogP contribution in [0, 0.1) is 0 Å². The van der Waals surface area contributed by atoms with Crippen molar-refractivity contribution in [2.75, 3.05) is 46.4 Å². The lowest BCUT2D eigenvalue weighted by Crippen LogP contribution is -2.60. The van der Waals surface area contributed by atoms with E-state index >= 15 is 0 Å². The molecule has 2 unspecified atom stereocenters. The van der Waals surface area contributed by atoms with E-state index in [4.69, 9.17) is 16.3 Å². The maximum Gasteiger partial charge on any atom is 0.217 e. The van der Waals surface area contributed by atoms with Crippen molar-refractivity contribution in [3.05, 3.63) is 36.1 Å². The Balaban J connectivity index is 0.00000204. The summed E-state index contributed by atoms with van der Waals surface area (Å²) < 4.78 is 5.48. The van der Waals surface area contributed by atoms with Crippen LogP contribution in [-0.4, -0.2) is 84.0 Å². The standard InChI is InChI=1S/C20H31ClN4O2.C2H6/c1-14(2)16(23-19(21)22-6)11-17(15(3)4)24-7-9-25(10-8-24)20(5)13-27-12-18(20)26;1-2/h11,18,26H,1,3,7-10,12-13H2,2,4-6H3;1-2H3/b17-11+,22-19?,23-16-;. The van der Waals surface area contributed by atoms with Crippen molar-refractivity contribution in [2.24, 2.45) is 9.98 Å². The van der Waals surface area contributed by atoms with E-state index in [-0.39, 0.29) is 10.8 Å². The Morgan fingerprint density at radius 2 is 1.76 bits per heavy atom. The predicted octanol–water partition coefficient (Wildman–Crippen LogP) is 3.48. The highest BCUT2D eigenvalue weighted by Crippen LogP contribution is 2.28. The molecule has 0 aliphatic carbocycles. The average Bonchev–Trinajstić information content (AvgIpc) is 3.05. The molecule has 6 nitrogen and oxygen atoms in total. The van der Waals surface area contributed by atoms with Crippen LogP contribution in [0.5, 0.6) is 0 Å². The van der Waals surface area contributed by atoms with Crippen LogP contribution >= 0.6 is 11.6 Å². The van der Waals surface area contributed by atoms with Gasteiger partial charge in [0.2, 0.25) is 5.29 Å². The van der Waals surface area contributed by atoms with E-state index in [1.807, 2.05) is 33.8 Å². The van der Waals surface area contributed by atoms with Crippen LogP contribution < -0.4 is 0 Å². The Hall–Kier alpha value is -1.47. The molecule has 2 fully saturated rings. The molecule has 0 bridgehead atoms. The first-order valence-corrected chi connectivity index (χ1v) is 10.6.